The van der Waals surface area contributed by atoms with E-state index in [0.717, 1.165) is 12.3 Å². The number of unbranched alkanes of at least 4 members (excludes halogenated alkanes) is 3. The minimum Gasteiger partial charge on any atom is -0.115 e. The summed E-state index contributed by atoms with van der Waals surface area (Å²) in [5, 5.41) is 0. The summed E-state index contributed by atoms with van der Waals surface area (Å²) < 4.78 is 0. The van der Waals surface area contributed by atoms with Crippen LogP contribution in [-0.2, 0) is 0 Å². The SMILES string of the molecule is C#CC=CCCCCCC(C)C. The van der Waals surface area contributed by atoms with Crippen LogP contribution in [0, 0.1) is 18.3 Å². The molecule has 0 aromatic rings. The maximum atomic E-state index is 5.07. The van der Waals surface area contributed by atoms with Gasteiger partial charge in [0.05, 0.1) is 0 Å². The Morgan fingerprint density at radius 1 is 1.25 bits per heavy atom. The fourth-order valence-electron chi connectivity index (χ4n) is 1.14. The Morgan fingerprint density at radius 3 is 2.58 bits per heavy atom. The van der Waals surface area contributed by atoms with E-state index in [4.69, 9.17) is 6.42 Å². The van der Waals surface area contributed by atoms with E-state index in [2.05, 4.69) is 25.8 Å². The van der Waals surface area contributed by atoms with Crippen LogP contribution in [0.15, 0.2) is 12.2 Å². The summed E-state index contributed by atoms with van der Waals surface area (Å²) in [6.07, 6.45) is 15.4. The van der Waals surface area contributed by atoms with E-state index in [1.54, 1.807) is 6.08 Å². The maximum absolute atomic E-state index is 5.07. The van der Waals surface area contributed by atoms with Crippen molar-refractivity contribution < 1.29 is 0 Å². The quantitative estimate of drug-likeness (QED) is 0.414. The molecule has 0 aliphatic rings. The van der Waals surface area contributed by atoms with Gasteiger partial charge in [-0.05, 0) is 24.8 Å². The lowest BCUT2D eigenvalue weighted by molar-refractivity contribution is 0.529. The summed E-state index contributed by atoms with van der Waals surface area (Å²) in [4.78, 5) is 0. The van der Waals surface area contributed by atoms with Gasteiger partial charge in [0, 0.05) is 0 Å². The van der Waals surface area contributed by atoms with Crippen LogP contribution >= 0.6 is 0 Å². The Labute approximate surface area is 77.1 Å². The van der Waals surface area contributed by atoms with E-state index in [1.165, 1.54) is 25.7 Å². The molecule has 0 heterocycles. The number of hydrogen-bond donors (Lipinski definition) is 0. The maximum Gasteiger partial charge on any atom is -0.0162 e. The summed E-state index contributed by atoms with van der Waals surface area (Å²) in [7, 11) is 0. The number of terminal acetylenes is 1. The molecule has 0 aliphatic heterocycles. The van der Waals surface area contributed by atoms with Gasteiger partial charge in [-0.2, -0.15) is 0 Å². The second-order valence-corrected chi connectivity index (χ2v) is 3.60. The van der Waals surface area contributed by atoms with Crippen molar-refractivity contribution in [2.75, 3.05) is 0 Å². The van der Waals surface area contributed by atoms with Crippen molar-refractivity contribution in [2.24, 2.45) is 5.92 Å². The van der Waals surface area contributed by atoms with Crippen LogP contribution < -0.4 is 0 Å². The van der Waals surface area contributed by atoms with Crippen LogP contribution in [-0.4, -0.2) is 0 Å². The van der Waals surface area contributed by atoms with Gasteiger partial charge in [0.1, 0.15) is 0 Å². The van der Waals surface area contributed by atoms with Gasteiger partial charge in [0.25, 0.3) is 0 Å². The van der Waals surface area contributed by atoms with Gasteiger partial charge in [-0.15, -0.1) is 6.42 Å². The van der Waals surface area contributed by atoms with E-state index in [-0.39, 0.29) is 0 Å². The zero-order chi connectivity index (χ0) is 9.23. The summed E-state index contributed by atoms with van der Waals surface area (Å²) in [6, 6.07) is 0. The van der Waals surface area contributed by atoms with Crippen LogP contribution in [0.4, 0.5) is 0 Å². The standard InChI is InChI=1S/C12H20/c1-4-5-6-7-8-9-10-11-12(2)3/h1,5-6,12H,7-11H2,2-3H3. The second kappa shape index (κ2) is 8.40. The third-order valence-corrected chi connectivity index (χ3v) is 1.87. The first-order valence-electron chi connectivity index (χ1n) is 4.88. The predicted octanol–water partition coefficient (Wildman–Crippen LogP) is 3.78. The van der Waals surface area contributed by atoms with E-state index < -0.39 is 0 Å². The van der Waals surface area contributed by atoms with Crippen molar-refractivity contribution in [3.8, 4) is 12.3 Å². The normalized spacial score (nSPS) is 10.8. The monoisotopic (exact) mass is 164 g/mol. The molecular formula is C12H20. The zero-order valence-electron chi connectivity index (χ0n) is 8.34. The van der Waals surface area contributed by atoms with Gasteiger partial charge in [-0.25, -0.2) is 0 Å². The molecule has 0 saturated heterocycles. The fraction of sp³-hybridized carbons (Fsp3) is 0.667. The minimum atomic E-state index is 0.853. The molecule has 0 unspecified atom stereocenters. The van der Waals surface area contributed by atoms with E-state index >= 15 is 0 Å². The van der Waals surface area contributed by atoms with Crippen LogP contribution in [0.3, 0.4) is 0 Å². The topological polar surface area (TPSA) is 0 Å². The van der Waals surface area contributed by atoms with E-state index in [0.29, 0.717) is 0 Å². The van der Waals surface area contributed by atoms with Crippen molar-refractivity contribution in [1.29, 1.82) is 0 Å². The molecular weight excluding hydrogens is 144 g/mol. The number of hydrogen-bond acceptors (Lipinski definition) is 0. The van der Waals surface area contributed by atoms with Crippen LogP contribution in [0.1, 0.15) is 46.0 Å². The van der Waals surface area contributed by atoms with Crippen molar-refractivity contribution >= 4 is 0 Å². The molecule has 0 radical (unpaired) electrons. The molecule has 0 aliphatic carbocycles. The first kappa shape index (κ1) is 11.3. The summed E-state index contributed by atoms with van der Waals surface area (Å²) >= 11 is 0. The van der Waals surface area contributed by atoms with Gasteiger partial charge in [0.15, 0.2) is 0 Å². The average molecular weight is 164 g/mol. The molecule has 0 rings (SSSR count). The molecule has 0 heteroatoms. The Bertz CT molecular complexity index is 146. The van der Waals surface area contributed by atoms with Gasteiger partial charge in [-0.3, -0.25) is 0 Å². The van der Waals surface area contributed by atoms with Crippen LogP contribution in [0.25, 0.3) is 0 Å². The van der Waals surface area contributed by atoms with Gasteiger partial charge in [-0.1, -0.05) is 45.1 Å². The number of allylic oxidation sites excluding steroid dienone is 2. The molecule has 0 aromatic heterocycles. The molecule has 0 bridgehead atoms. The van der Waals surface area contributed by atoms with Crippen molar-refractivity contribution in [1.82, 2.24) is 0 Å². The molecule has 0 aromatic carbocycles. The molecule has 0 amide bonds. The third kappa shape index (κ3) is 9.30. The molecule has 0 atom stereocenters. The molecule has 0 nitrogen and oxygen atoms in total. The van der Waals surface area contributed by atoms with Gasteiger partial charge < -0.3 is 0 Å². The molecule has 0 N–H and O–H groups in total. The number of rotatable bonds is 6. The van der Waals surface area contributed by atoms with Crippen LogP contribution in [0.5, 0.6) is 0 Å². The molecule has 0 spiro atoms. The zero-order valence-corrected chi connectivity index (χ0v) is 8.34. The molecule has 0 fully saturated rings. The smallest absolute Gasteiger partial charge is 0.0162 e. The highest BCUT2D eigenvalue weighted by Crippen LogP contribution is 2.09. The summed E-state index contributed by atoms with van der Waals surface area (Å²) in [6.45, 7) is 4.55. The van der Waals surface area contributed by atoms with Crippen LogP contribution in [0.2, 0.25) is 0 Å². The highest BCUT2D eigenvalue weighted by molar-refractivity contribution is 5.08. The Hall–Kier alpha value is -0.700. The highest BCUT2D eigenvalue weighted by atomic mass is 14.0. The first-order valence-corrected chi connectivity index (χ1v) is 4.88. The second-order valence-electron chi connectivity index (χ2n) is 3.60. The average Bonchev–Trinajstić information content (AvgIpc) is 2.02. The fourth-order valence-corrected chi connectivity index (χ4v) is 1.14. The summed E-state index contributed by atoms with van der Waals surface area (Å²) in [5.41, 5.74) is 0. The van der Waals surface area contributed by atoms with E-state index in [1.807, 2.05) is 0 Å². The Morgan fingerprint density at radius 2 is 2.00 bits per heavy atom. The lowest BCUT2D eigenvalue weighted by Crippen LogP contribution is -1.86. The highest BCUT2D eigenvalue weighted by Gasteiger charge is 1.92. The lowest BCUT2D eigenvalue weighted by Gasteiger charge is -2.02. The largest absolute Gasteiger partial charge is 0.115 e. The van der Waals surface area contributed by atoms with Crippen molar-refractivity contribution in [2.45, 2.75) is 46.0 Å². The van der Waals surface area contributed by atoms with Crippen molar-refractivity contribution in [3.63, 3.8) is 0 Å². The third-order valence-electron chi connectivity index (χ3n) is 1.87. The Kier molecular flexibility index (Phi) is 7.91. The predicted molar refractivity (Wildman–Crippen MR) is 55.9 cm³/mol. The van der Waals surface area contributed by atoms with Gasteiger partial charge >= 0.3 is 0 Å². The molecule has 0 saturated carbocycles. The molecule has 68 valence electrons. The lowest BCUT2D eigenvalue weighted by atomic mass is 10.0. The Balaban J connectivity index is 3.02. The van der Waals surface area contributed by atoms with Crippen molar-refractivity contribution in [3.05, 3.63) is 12.2 Å². The summed E-state index contributed by atoms with van der Waals surface area (Å²) in [5.74, 6) is 3.35. The van der Waals surface area contributed by atoms with E-state index in [9.17, 15) is 0 Å². The molecule has 12 heavy (non-hydrogen) atoms. The minimum absolute atomic E-state index is 0.853. The van der Waals surface area contributed by atoms with Gasteiger partial charge in [0.2, 0.25) is 0 Å². The first-order chi connectivity index (χ1) is 5.77.